The van der Waals surface area contributed by atoms with Gasteiger partial charge in [-0.3, -0.25) is 0 Å². The first kappa shape index (κ1) is 14.8. The summed E-state index contributed by atoms with van der Waals surface area (Å²) in [6.45, 7) is 0.279. The summed E-state index contributed by atoms with van der Waals surface area (Å²) in [6.07, 6.45) is 0. The predicted molar refractivity (Wildman–Crippen MR) is 80.5 cm³/mol. The second kappa shape index (κ2) is 6.24. The zero-order valence-corrected chi connectivity index (χ0v) is 12.8. The Morgan fingerprint density at radius 3 is 2.35 bits per heavy atom. The number of benzene rings is 2. The molecule has 0 saturated heterocycles. The van der Waals surface area contributed by atoms with Crippen molar-refractivity contribution in [3.63, 3.8) is 0 Å². The first-order valence-electron chi connectivity index (χ1n) is 6.01. The Labute approximate surface area is 125 Å². The van der Waals surface area contributed by atoms with Gasteiger partial charge in [0.25, 0.3) is 0 Å². The van der Waals surface area contributed by atoms with Crippen molar-refractivity contribution < 1.29 is 13.9 Å². The van der Waals surface area contributed by atoms with E-state index in [4.69, 9.17) is 15.2 Å². The molecule has 0 aliphatic rings. The summed E-state index contributed by atoms with van der Waals surface area (Å²) in [4.78, 5) is 0. The van der Waals surface area contributed by atoms with Crippen molar-refractivity contribution in [3.8, 4) is 22.6 Å². The lowest BCUT2D eigenvalue weighted by Crippen LogP contribution is -2.02. The van der Waals surface area contributed by atoms with Crippen molar-refractivity contribution in [2.24, 2.45) is 5.73 Å². The van der Waals surface area contributed by atoms with Gasteiger partial charge in [0.05, 0.1) is 18.7 Å². The molecule has 0 atom stereocenters. The fraction of sp³-hybridized carbons (Fsp3) is 0.200. The predicted octanol–water partition coefficient (Wildman–Crippen LogP) is 3.73. The quantitative estimate of drug-likeness (QED) is 0.922. The molecule has 0 saturated carbocycles. The molecule has 0 aliphatic heterocycles. The Bertz CT molecular complexity index is 632. The van der Waals surface area contributed by atoms with Gasteiger partial charge in [-0.05, 0) is 45.3 Å². The van der Waals surface area contributed by atoms with E-state index < -0.39 is 0 Å². The number of hydrogen-bond donors (Lipinski definition) is 1. The third kappa shape index (κ3) is 2.64. The summed E-state index contributed by atoms with van der Waals surface area (Å²) in [5.41, 5.74) is 7.72. The van der Waals surface area contributed by atoms with Crippen LogP contribution >= 0.6 is 15.9 Å². The first-order valence-corrected chi connectivity index (χ1v) is 6.81. The Hall–Kier alpha value is -1.59. The lowest BCUT2D eigenvalue weighted by Gasteiger charge is -2.15. The number of methoxy groups -OCH3 is 2. The average molecular weight is 340 g/mol. The summed E-state index contributed by atoms with van der Waals surface area (Å²) < 4.78 is 25.2. The van der Waals surface area contributed by atoms with E-state index in [0.29, 0.717) is 27.1 Å². The van der Waals surface area contributed by atoms with Gasteiger partial charge < -0.3 is 15.2 Å². The highest BCUT2D eigenvalue weighted by Gasteiger charge is 2.15. The largest absolute Gasteiger partial charge is 0.493 e. The standard InChI is InChI=1S/C15H15BrFNO2/c1-19-13-6-9(8-18)11(7-14(13)20-2)10-4-3-5-12(16)15(10)17/h3-7H,8,18H2,1-2H3. The average Bonchev–Trinajstić information content (AvgIpc) is 2.48. The Balaban J connectivity index is 2.69. The maximum absolute atomic E-state index is 14.3. The Morgan fingerprint density at radius 1 is 1.10 bits per heavy atom. The third-order valence-electron chi connectivity index (χ3n) is 3.07. The van der Waals surface area contributed by atoms with Crippen LogP contribution in [0, 0.1) is 5.82 Å². The summed E-state index contributed by atoms with van der Waals surface area (Å²) in [7, 11) is 3.10. The SMILES string of the molecule is COc1cc(CN)c(-c2cccc(Br)c2F)cc1OC. The van der Waals surface area contributed by atoms with Crippen LogP contribution in [0.25, 0.3) is 11.1 Å². The van der Waals surface area contributed by atoms with Crippen LogP contribution in [0.1, 0.15) is 5.56 Å². The van der Waals surface area contributed by atoms with Crippen LogP contribution in [0.2, 0.25) is 0 Å². The number of ether oxygens (including phenoxy) is 2. The molecule has 0 unspecified atom stereocenters. The molecule has 2 rings (SSSR count). The van der Waals surface area contributed by atoms with Crippen molar-refractivity contribution in [2.45, 2.75) is 6.54 Å². The molecule has 3 nitrogen and oxygen atoms in total. The zero-order valence-electron chi connectivity index (χ0n) is 11.2. The van der Waals surface area contributed by atoms with Crippen LogP contribution in [0.15, 0.2) is 34.8 Å². The summed E-state index contributed by atoms with van der Waals surface area (Å²) in [6, 6.07) is 8.65. The molecule has 0 heterocycles. The van der Waals surface area contributed by atoms with Crippen LogP contribution in [0.5, 0.6) is 11.5 Å². The molecule has 0 spiro atoms. The molecule has 106 valence electrons. The molecule has 0 fully saturated rings. The molecular weight excluding hydrogens is 325 g/mol. The minimum atomic E-state index is -0.325. The normalized spacial score (nSPS) is 10.4. The number of hydrogen-bond acceptors (Lipinski definition) is 3. The summed E-state index contributed by atoms with van der Waals surface area (Å²) in [5.74, 6) is 0.792. The van der Waals surface area contributed by atoms with E-state index in [2.05, 4.69) is 15.9 Å². The van der Waals surface area contributed by atoms with Crippen LogP contribution in [0.4, 0.5) is 4.39 Å². The van der Waals surface area contributed by atoms with Crippen molar-refractivity contribution >= 4 is 15.9 Å². The minimum Gasteiger partial charge on any atom is -0.493 e. The maximum Gasteiger partial charge on any atom is 0.161 e. The van der Waals surface area contributed by atoms with E-state index >= 15 is 0 Å². The molecule has 20 heavy (non-hydrogen) atoms. The molecule has 0 bridgehead atoms. The molecule has 5 heteroatoms. The van der Waals surface area contributed by atoms with Gasteiger partial charge in [-0.15, -0.1) is 0 Å². The van der Waals surface area contributed by atoms with Crippen LogP contribution in [0.3, 0.4) is 0 Å². The summed E-state index contributed by atoms with van der Waals surface area (Å²) in [5, 5.41) is 0. The van der Waals surface area contributed by atoms with Gasteiger partial charge in [0.2, 0.25) is 0 Å². The monoisotopic (exact) mass is 339 g/mol. The number of nitrogens with two attached hydrogens (primary N) is 1. The van der Waals surface area contributed by atoms with Gasteiger partial charge in [0.15, 0.2) is 11.5 Å². The van der Waals surface area contributed by atoms with Gasteiger partial charge in [-0.25, -0.2) is 4.39 Å². The van der Waals surface area contributed by atoms with Gasteiger partial charge in [0.1, 0.15) is 5.82 Å². The van der Waals surface area contributed by atoms with E-state index in [0.717, 1.165) is 5.56 Å². The molecule has 2 aromatic rings. The second-order valence-electron chi connectivity index (χ2n) is 4.17. The smallest absolute Gasteiger partial charge is 0.161 e. The highest BCUT2D eigenvalue weighted by molar-refractivity contribution is 9.10. The first-order chi connectivity index (χ1) is 9.62. The molecule has 2 N–H and O–H groups in total. The molecule has 0 radical (unpaired) electrons. The van der Waals surface area contributed by atoms with E-state index in [1.807, 2.05) is 0 Å². The Kier molecular flexibility index (Phi) is 4.62. The van der Waals surface area contributed by atoms with E-state index in [9.17, 15) is 4.39 Å². The van der Waals surface area contributed by atoms with Gasteiger partial charge in [0, 0.05) is 12.1 Å². The van der Waals surface area contributed by atoms with Crippen molar-refractivity contribution in [2.75, 3.05) is 14.2 Å². The van der Waals surface area contributed by atoms with Gasteiger partial charge in [-0.2, -0.15) is 0 Å². The van der Waals surface area contributed by atoms with Crippen LogP contribution in [-0.4, -0.2) is 14.2 Å². The lowest BCUT2D eigenvalue weighted by molar-refractivity contribution is 0.354. The molecule has 0 amide bonds. The van der Waals surface area contributed by atoms with Crippen molar-refractivity contribution in [1.29, 1.82) is 0 Å². The second-order valence-corrected chi connectivity index (χ2v) is 5.02. The van der Waals surface area contributed by atoms with Crippen LogP contribution in [-0.2, 0) is 6.54 Å². The third-order valence-corrected chi connectivity index (χ3v) is 3.68. The van der Waals surface area contributed by atoms with Crippen molar-refractivity contribution in [1.82, 2.24) is 0 Å². The molecule has 2 aromatic carbocycles. The van der Waals surface area contributed by atoms with E-state index in [-0.39, 0.29) is 12.4 Å². The number of halogens is 2. The number of rotatable bonds is 4. The lowest BCUT2D eigenvalue weighted by atomic mass is 9.98. The Morgan fingerprint density at radius 2 is 1.75 bits per heavy atom. The maximum atomic E-state index is 14.3. The molecule has 0 aliphatic carbocycles. The van der Waals surface area contributed by atoms with Gasteiger partial charge >= 0.3 is 0 Å². The molecular formula is C15H15BrFNO2. The van der Waals surface area contributed by atoms with Crippen LogP contribution < -0.4 is 15.2 Å². The highest BCUT2D eigenvalue weighted by atomic mass is 79.9. The van der Waals surface area contributed by atoms with Crippen molar-refractivity contribution in [3.05, 3.63) is 46.2 Å². The fourth-order valence-corrected chi connectivity index (χ4v) is 2.42. The topological polar surface area (TPSA) is 44.5 Å². The van der Waals surface area contributed by atoms with E-state index in [1.165, 1.54) is 0 Å². The summed E-state index contributed by atoms with van der Waals surface area (Å²) >= 11 is 3.19. The van der Waals surface area contributed by atoms with Gasteiger partial charge in [-0.1, -0.05) is 12.1 Å². The fourth-order valence-electron chi connectivity index (χ4n) is 2.05. The highest BCUT2D eigenvalue weighted by Crippen LogP contribution is 2.37. The van der Waals surface area contributed by atoms with E-state index in [1.54, 1.807) is 44.6 Å². The minimum absolute atomic E-state index is 0.279. The molecule has 0 aromatic heterocycles. The zero-order chi connectivity index (χ0) is 14.7.